The summed E-state index contributed by atoms with van der Waals surface area (Å²) in [7, 11) is 1.63. The molecule has 0 unspecified atom stereocenters. The minimum absolute atomic E-state index is 0.0756. The molecule has 3 nitrogen and oxygen atoms in total. The van der Waals surface area contributed by atoms with Gasteiger partial charge in [-0.15, -0.1) is 11.8 Å². The average molecular weight is 237 g/mol. The van der Waals surface area contributed by atoms with Crippen molar-refractivity contribution in [2.75, 3.05) is 13.3 Å². The number of carbonyl (C=O) groups is 1. The number of hydrogen-bond donors (Lipinski definition) is 1. The highest BCUT2D eigenvalue weighted by molar-refractivity contribution is 7.98. The van der Waals surface area contributed by atoms with Crippen LogP contribution in [0.2, 0.25) is 0 Å². The molecule has 16 heavy (non-hydrogen) atoms. The van der Waals surface area contributed by atoms with Crippen LogP contribution in [0.1, 0.15) is 23.2 Å². The van der Waals surface area contributed by atoms with Crippen LogP contribution in [0, 0.1) is 0 Å². The fraction of sp³-hybridized carbons (Fsp3) is 0.417. The molecule has 1 aliphatic rings. The molecule has 0 saturated heterocycles. The van der Waals surface area contributed by atoms with Gasteiger partial charge in [-0.05, 0) is 37.3 Å². The van der Waals surface area contributed by atoms with Gasteiger partial charge in [-0.3, -0.25) is 4.79 Å². The van der Waals surface area contributed by atoms with Crippen molar-refractivity contribution in [3.8, 4) is 5.75 Å². The zero-order valence-corrected chi connectivity index (χ0v) is 10.3. The zero-order valence-electron chi connectivity index (χ0n) is 9.45. The van der Waals surface area contributed by atoms with Crippen LogP contribution in [0.15, 0.2) is 23.1 Å². The second-order valence-corrected chi connectivity index (χ2v) is 4.61. The van der Waals surface area contributed by atoms with E-state index in [0.717, 1.165) is 23.5 Å². The van der Waals surface area contributed by atoms with Gasteiger partial charge in [0.05, 0.1) is 6.10 Å². The van der Waals surface area contributed by atoms with E-state index in [1.807, 2.05) is 24.5 Å². The minimum atomic E-state index is -0.0756. The Morgan fingerprint density at radius 1 is 1.50 bits per heavy atom. The maximum Gasteiger partial charge on any atom is 0.251 e. The van der Waals surface area contributed by atoms with Crippen LogP contribution >= 0.6 is 11.8 Å². The molecule has 0 bridgehead atoms. The highest BCUT2D eigenvalue weighted by Gasteiger charge is 2.24. The molecule has 1 aromatic rings. The van der Waals surface area contributed by atoms with Crippen LogP contribution in [0.3, 0.4) is 0 Å². The molecule has 4 heteroatoms. The lowest BCUT2D eigenvalue weighted by Gasteiger charge is -2.10. The maximum atomic E-state index is 11.5. The van der Waals surface area contributed by atoms with Gasteiger partial charge in [0, 0.05) is 17.5 Å². The Morgan fingerprint density at radius 2 is 2.25 bits per heavy atom. The van der Waals surface area contributed by atoms with E-state index in [-0.39, 0.29) is 5.91 Å². The van der Waals surface area contributed by atoms with E-state index >= 15 is 0 Å². The van der Waals surface area contributed by atoms with Gasteiger partial charge in [-0.2, -0.15) is 0 Å². The fourth-order valence-electron chi connectivity index (χ4n) is 1.42. The lowest BCUT2D eigenvalue weighted by Crippen LogP contribution is -2.17. The second-order valence-electron chi connectivity index (χ2n) is 3.76. The third-order valence-corrected chi connectivity index (χ3v) is 3.25. The summed E-state index contributed by atoms with van der Waals surface area (Å²) in [5.41, 5.74) is 0.649. The summed E-state index contributed by atoms with van der Waals surface area (Å²) in [5, 5.41) is 2.61. The third kappa shape index (κ3) is 2.50. The Hall–Kier alpha value is -1.16. The molecule has 1 aromatic carbocycles. The Bertz CT molecular complexity index is 402. The van der Waals surface area contributed by atoms with Gasteiger partial charge in [0.1, 0.15) is 5.75 Å². The molecule has 1 N–H and O–H groups in total. The van der Waals surface area contributed by atoms with Gasteiger partial charge < -0.3 is 10.1 Å². The average Bonchev–Trinajstić information content (AvgIpc) is 3.12. The molecular weight excluding hydrogens is 222 g/mol. The first kappa shape index (κ1) is 11.3. The third-order valence-electron chi connectivity index (χ3n) is 2.47. The van der Waals surface area contributed by atoms with Gasteiger partial charge >= 0.3 is 0 Å². The number of amides is 1. The van der Waals surface area contributed by atoms with E-state index in [4.69, 9.17) is 4.74 Å². The van der Waals surface area contributed by atoms with Crippen molar-refractivity contribution in [3.05, 3.63) is 23.8 Å². The fourth-order valence-corrected chi connectivity index (χ4v) is 1.93. The Balaban J connectivity index is 2.25. The van der Waals surface area contributed by atoms with Crippen molar-refractivity contribution >= 4 is 17.7 Å². The molecule has 0 aliphatic heterocycles. The van der Waals surface area contributed by atoms with Crippen LogP contribution in [0.4, 0.5) is 0 Å². The first-order valence-electron chi connectivity index (χ1n) is 5.31. The summed E-state index contributed by atoms with van der Waals surface area (Å²) in [4.78, 5) is 12.6. The summed E-state index contributed by atoms with van der Waals surface area (Å²) in [5.74, 6) is 0.754. The molecule has 0 heterocycles. The largest absolute Gasteiger partial charge is 0.489 e. The molecule has 0 atom stereocenters. The molecule has 0 spiro atoms. The molecule has 2 rings (SSSR count). The molecule has 1 saturated carbocycles. The summed E-state index contributed by atoms with van der Waals surface area (Å²) >= 11 is 1.64. The predicted molar refractivity (Wildman–Crippen MR) is 65.3 cm³/mol. The van der Waals surface area contributed by atoms with Crippen LogP contribution in [-0.4, -0.2) is 25.3 Å². The van der Waals surface area contributed by atoms with Crippen molar-refractivity contribution in [1.82, 2.24) is 5.32 Å². The minimum Gasteiger partial charge on any atom is -0.489 e. The highest BCUT2D eigenvalue weighted by atomic mass is 32.2. The van der Waals surface area contributed by atoms with Crippen LogP contribution in [0.5, 0.6) is 5.75 Å². The molecule has 1 amide bonds. The summed E-state index contributed by atoms with van der Waals surface area (Å²) in [6, 6.07) is 5.58. The van der Waals surface area contributed by atoms with E-state index in [9.17, 15) is 4.79 Å². The van der Waals surface area contributed by atoms with Crippen LogP contribution in [-0.2, 0) is 0 Å². The number of carbonyl (C=O) groups excluding carboxylic acids is 1. The summed E-state index contributed by atoms with van der Waals surface area (Å²) in [6.07, 6.45) is 4.61. The van der Waals surface area contributed by atoms with Gasteiger partial charge in [0.15, 0.2) is 0 Å². The van der Waals surface area contributed by atoms with E-state index in [1.165, 1.54) is 0 Å². The molecular formula is C12H15NO2S. The number of benzene rings is 1. The van der Waals surface area contributed by atoms with Crippen molar-refractivity contribution in [2.24, 2.45) is 0 Å². The topological polar surface area (TPSA) is 38.3 Å². The van der Waals surface area contributed by atoms with Crippen molar-refractivity contribution in [2.45, 2.75) is 23.8 Å². The maximum absolute atomic E-state index is 11.5. The number of thioether (sulfide) groups is 1. The molecule has 0 radical (unpaired) electrons. The predicted octanol–water partition coefficient (Wildman–Crippen LogP) is 2.31. The molecule has 86 valence electrons. The number of rotatable bonds is 4. The Kier molecular flexibility index (Phi) is 3.39. The zero-order chi connectivity index (χ0) is 11.5. The molecule has 1 fully saturated rings. The standard InChI is InChI=1S/C12H15NO2S/c1-13-12(14)8-3-6-11(16-2)10(7-8)15-9-4-5-9/h3,6-7,9H,4-5H2,1-2H3,(H,13,14). The summed E-state index contributed by atoms with van der Waals surface area (Å²) in [6.45, 7) is 0. The lowest BCUT2D eigenvalue weighted by molar-refractivity contribution is 0.0962. The number of hydrogen-bond acceptors (Lipinski definition) is 3. The van der Waals surface area contributed by atoms with Crippen LogP contribution in [0.25, 0.3) is 0 Å². The van der Waals surface area contributed by atoms with E-state index in [0.29, 0.717) is 11.7 Å². The van der Waals surface area contributed by atoms with Gasteiger partial charge in [-0.25, -0.2) is 0 Å². The van der Waals surface area contributed by atoms with Gasteiger partial charge in [0.25, 0.3) is 5.91 Å². The SMILES string of the molecule is CNC(=O)c1ccc(SC)c(OC2CC2)c1. The van der Waals surface area contributed by atoms with Crippen LogP contribution < -0.4 is 10.1 Å². The highest BCUT2D eigenvalue weighted by Crippen LogP contribution is 2.34. The lowest BCUT2D eigenvalue weighted by atomic mass is 10.2. The Labute approximate surface area is 99.6 Å². The normalized spacial score (nSPS) is 14.6. The van der Waals surface area contributed by atoms with Gasteiger partial charge in [-0.1, -0.05) is 0 Å². The van der Waals surface area contributed by atoms with Crippen molar-refractivity contribution < 1.29 is 9.53 Å². The second kappa shape index (κ2) is 4.78. The number of ether oxygens (including phenoxy) is 1. The molecule has 0 aromatic heterocycles. The van der Waals surface area contributed by atoms with E-state index < -0.39 is 0 Å². The monoisotopic (exact) mass is 237 g/mol. The van der Waals surface area contributed by atoms with Crippen molar-refractivity contribution in [3.63, 3.8) is 0 Å². The summed E-state index contributed by atoms with van der Waals surface area (Å²) < 4.78 is 5.78. The van der Waals surface area contributed by atoms with Crippen molar-refractivity contribution in [1.29, 1.82) is 0 Å². The van der Waals surface area contributed by atoms with E-state index in [1.54, 1.807) is 18.8 Å². The van der Waals surface area contributed by atoms with E-state index in [2.05, 4.69) is 5.32 Å². The van der Waals surface area contributed by atoms with Gasteiger partial charge in [0.2, 0.25) is 0 Å². The smallest absolute Gasteiger partial charge is 0.251 e. The first-order valence-corrected chi connectivity index (χ1v) is 6.54. The quantitative estimate of drug-likeness (QED) is 0.817. The number of nitrogens with one attached hydrogen (secondary N) is 1. The molecule has 1 aliphatic carbocycles. The first-order chi connectivity index (χ1) is 7.74. The Morgan fingerprint density at radius 3 is 2.81 bits per heavy atom.